The van der Waals surface area contributed by atoms with E-state index in [1.165, 1.54) is 0 Å². The molecular weight excluding hydrogens is 290 g/mol. The van der Waals surface area contributed by atoms with Crippen molar-refractivity contribution in [2.45, 2.75) is 38.6 Å². The van der Waals surface area contributed by atoms with Crippen LogP contribution in [0.15, 0.2) is 41.0 Å². The van der Waals surface area contributed by atoms with Crippen LogP contribution < -0.4 is 4.90 Å². The van der Waals surface area contributed by atoms with Crippen molar-refractivity contribution in [2.75, 3.05) is 11.4 Å². The first kappa shape index (κ1) is 14.2. The Morgan fingerprint density at radius 1 is 1.26 bits per heavy atom. The Hall–Kier alpha value is -2.43. The van der Waals surface area contributed by atoms with E-state index in [1.807, 2.05) is 29.2 Å². The molecule has 0 N–H and O–H groups in total. The second-order valence-corrected chi connectivity index (χ2v) is 6.16. The van der Waals surface area contributed by atoms with E-state index in [2.05, 4.69) is 11.9 Å². The van der Waals surface area contributed by atoms with E-state index in [9.17, 15) is 9.59 Å². The van der Waals surface area contributed by atoms with Gasteiger partial charge in [0.25, 0.3) is 11.8 Å². The van der Waals surface area contributed by atoms with Crippen LogP contribution in [0.2, 0.25) is 0 Å². The Morgan fingerprint density at radius 3 is 2.91 bits per heavy atom. The topological polar surface area (TPSA) is 53.0 Å². The quantitative estimate of drug-likeness (QED) is 0.789. The van der Waals surface area contributed by atoms with Crippen molar-refractivity contribution in [3.8, 4) is 0 Å². The first-order chi connectivity index (χ1) is 11.2. The molecule has 1 saturated heterocycles. The number of benzene rings is 1. The Kier molecular flexibility index (Phi) is 3.29. The monoisotopic (exact) mass is 309 g/mol. The maximum atomic E-state index is 12.9. The number of amidine groups is 1. The molecule has 0 saturated carbocycles. The SMILES string of the molecule is CCC/C=C1/N=C2[C@@H]3CCCN3C(=O)c3ccccc3N2C1=O. The fourth-order valence-electron chi connectivity index (χ4n) is 3.59. The summed E-state index contributed by atoms with van der Waals surface area (Å²) in [7, 11) is 0. The van der Waals surface area contributed by atoms with Gasteiger partial charge < -0.3 is 4.90 Å². The molecule has 5 nitrogen and oxygen atoms in total. The minimum atomic E-state index is -0.109. The van der Waals surface area contributed by atoms with Gasteiger partial charge in [0.1, 0.15) is 11.5 Å². The highest BCUT2D eigenvalue weighted by Crippen LogP contribution is 2.36. The van der Waals surface area contributed by atoms with Gasteiger partial charge in [-0.15, -0.1) is 0 Å². The minimum Gasteiger partial charge on any atom is -0.328 e. The number of para-hydroxylation sites is 1. The molecule has 0 radical (unpaired) electrons. The third kappa shape index (κ3) is 2.03. The normalized spacial score (nSPS) is 24.5. The highest BCUT2D eigenvalue weighted by Gasteiger charge is 2.45. The molecule has 1 aromatic carbocycles. The van der Waals surface area contributed by atoms with Crippen molar-refractivity contribution in [3.63, 3.8) is 0 Å². The van der Waals surface area contributed by atoms with Crippen LogP contribution in [-0.2, 0) is 4.79 Å². The molecule has 3 heterocycles. The zero-order valence-corrected chi connectivity index (χ0v) is 13.2. The molecule has 2 amide bonds. The number of fused-ring (bicyclic) bond motifs is 5. The average molecular weight is 309 g/mol. The van der Waals surface area contributed by atoms with Crippen LogP contribution in [0.1, 0.15) is 43.0 Å². The zero-order chi connectivity index (χ0) is 16.0. The molecule has 3 aliphatic heterocycles. The summed E-state index contributed by atoms with van der Waals surface area (Å²) in [5.41, 5.74) is 1.77. The molecule has 1 fully saturated rings. The zero-order valence-electron chi connectivity index (χ0n) is 13.2. The Labute approximate surface area is 135 Å². The van der Waals surface area contributed by atoms with Crippen LogP contribution >= 0.6 is 0 Å². The van der Waals surface area contributed by atoms with Crippen LogP contribution in [0.25, 0.3) is 0 Å². The number of rotatable bonds is 2. The number of amides is 2. The molecule has 3 aliphatic rings. The molecular formula is C18H19N3O2. The van der Waals surface area contributed by atoms with E-state index >= 15 is 0 Å². The number of unbranched alkanes of at least 4 members (excludes halogenated alkanes) is 1. The summed E-state index contributed by atoms with van der Waals surface area (Å²) in [4.78, 5) is 33.8. The van der Waals surface area contributed by atoms with Gasteiger partial charge >= 0.3 is 0 Å². The Bertz CT molecular complexity index is 750. The Morgan fingerprint density at radius 2 is 2.09 bits per heavy atom. The van der Waals surface area contributed by atoms with Gasteiger partial charge in [-0.25, -0.2) is 4.99 Å². The summed E-state index contributed by atoms with van der Waals surface area (Å²) < 4.78 is 0. The molecule has 1 atom stereocenters. The highest BCUT2D eigenvalue weighted by atomic mass is 16.2. The van der Waals surface area contributed by atoms with Crippen LogP contribution in [0.5, 0.6) is 0 Å². The lowest BCUT2D eigenvalue weighted by Crippen LogP contribution is -2.44. The summed E-state index contributed by atoms with van der Waals surface area (Å²) in [6, 6.07) is 7.26. The largest absolute Gasteiger partial charge is 0.328 e. The molecule has 0 unspecified atom stereocenters. The number of aliphatic imine (C=N–C) groups is 1. The molecule has 118 valence electrons. The lowest BCUT2D eigenvalue weighted by molar-refractivity contribution is -0.113. The number of carbonyl (C=O) groups excluding carboxylic acids is 2. The highest BCUT2D eigenvalue weighted by molar-refractivity contribution is 6.31. The van der Waals surface area contributed by atoms with E-state index in [-0.39, 0.29) is 17.9 Å². The van der Waals surface area contributed by atoms with Crippen LogP contribution in [0.3, 0.4) is 0 Å². The van der Waals surface area contributed by atoms with E-state index in [0.29, 0.717) is 22.8 Å². The summed E-state index contributed by atoms with van der Waals surface area (Å²) in [5.74, 6) is 0.614. The molecule has 5 heteroatoms. The smallest absolute Gasteiger partial charge is 0.282 e. The third-order valence-corrected chi connectivity index (χ3v) is 4.70. The van der Waals surface area contributed by atoms with Crippen molar-refractivity contribution in [2.24, 2.45) is 4.99 Å². The van der Waals surface area contributed by atoms with Crippen molar-refractivity contribution >= 4 is 23.3 Å². The molecule has 0 aromatic heterocycles. The summed E-state index contributed by atoms with van der Waals surface area (Å²) in [6.07, 6.45) is 5.54. The van der Waals surface area contributed by atoms with Gasteiger partial charge in [-0.05, 0) is 31.4 Å². The van der Waals surface area contributed by atoms with Crippen molar-refractivity contribution in [1.82, 2.24) is 4.90 Å². The number of hydrogen-bond acceptors (Lipinski definition) is 3. The number of hydrogen-bond donors (Lipinski definition) is 0. The van der Waals surface area contributed by atoms with Crippen molar-refractivity contribution in [3.05, 3.63) is 41.6 Å². The predicted octanol–water partition coefficient (Wildman–Crippen LogP) is 2.73. The third-order valence-electron chi connectivity index (χ3n) is 4.70. The van der Waals surface area contributed by atoms with Gasteiger partial charge in [0, 0.05) is 6.54 Å². The van der Waals surface area contributed by atoms with E-state index in [4.69, 9.17) is 0 Å². The van der Waals surface area contributed by atoms with E-state index in [0.717, 1.165) is 32.2 Å². The fraction of sp³-hybridized carbons (Fsp3) is 0.389. The number of anilines is 1. The van der Waals surface area contributed by atoms with Gasteiger partial charge in [0.15, 0.2) is 0 Å². The van der Waals surface area contributed by atoms with Gasteiger partial charge in [-0.3, -0.25) is 14.5 Å². The van der Waals surface area contributed by atoms with Crippen LogP contribution in [-0.4, -0.2) is 35.1 Å². The lowest BCUT2D eigenvalue weighted by atomic mass is 10.1. The molecule has 0 bridgehead atoms. The van der Waals surface area contributed by atoms with Gasteiger partial charge in [-0.2, -0.15) is 0 Å². The van der Waals surface area contributed by atoms with E-state index in [1.54, 1.807) is 11.0 Å². The van der Waals surface area contributed by atoms with Crippen LogP contribution in [0.4, 0.5) is 5.69 Å². The summed E-state index contributed by atoms with van der Waals surface area (Å²) in [5, 5.41) is 0. The maximum absolute atomic E-state index is 12.9. The fourth-order valence-corrected chi connectivity index (χ4v) is 3.59. The second kappa shape index (κ2) is 5.33. The molecule has 0 aliphatic carbocycles. The minimum absolute atomic E-state index is 0.00656. The molecule has 1 aromatic rings. The van der Waals surface area contributed by atoms with E-state index < -0.39 is 0 Å². The molecule has 0 spiro atoms. The van der Waals surface area contributed by atoms with Crippen LogP contribution in [0, 0.1) is 0 Å². The van der Waals surface area contributed by atoms with Gasteiger partial charge in [-0.1, -0.05) is 31.6 Å². The Balaban J connectivity index is 1.89. The summed E-state index contributed by atoms with van der Waals surface area (Å²) in [6.45, 7) is 2.81. The number of allylic oxidation sites excluding steroid dienone is 1. The lowest BCUT2D eigenvalue weighted by Gasteiger charge is -2.23. The second-order valence-electron chi connectivity index (χ2n) is 6.16. The van der Waals surface area contributed by atoms with Gasteiger partial charge in [0.05, 0.1) is 17.3 Å². The average Bonchev–Trinajstić information content (AvgIpc) is 3.15. The van der Waals surface area contributed by atoms with Gasteiger partial charge in [0.2, 0.25) is 0 Å². The first-order valence-electron chi connectivity index (χ1n) is 8.25. The predicted molar refractivity (Wildman–Crippen MR) is 88.4 cm³/mol. The maximum Gasteiger partial charge on any atom is 0.282 e. The molecule has 4 rings (SSSR count). The molecule has 23 heavy (non-hydrogen) atoms. The van der Waals surface area contributed by atoms with Crippen molar-refractivity contribution < 1.29 is 9.59 Å². The standard InChI is InChI=1S/C18H19N3O2/c1-2-3-8-13-18(23)21-14-9-5-4-7-12(14)17(22)20-11-6-10-15(20)16(21)19-13/h4-5,7-9,15H,2-3,6,10-11H2,1H3/b13-8+/t15-/m0/s1. The first-order valence-corrected chi connectivity index (χ1v) is 8.25. The number of nitrogens with zero attached hydrogens (tertiary/aromatic N) is 3. The van der Waals surface area contributed by atoms with Crippen molar-refractivity contribution in [1.29, 1.82) is 0 Å². The number of carbonyl (C=O) groups is 2. The summed E-state index contributed by atoms with van der Waals surface area (Å²) >= 11 is 0.